The molecule has 0 aromatic heterocycles. The molecule has 0 spiro atoms. The third kappa shape index (κ3) is 3.73. The lowest BCUT2D eigenvalue weighted by molar-refractivity contribution is 0.0271. The maximum absolute atomic E-state index is 12.2. The maximum atomic E-state index is 12.2. The van der Waals surface area contributed by atoms with Gasteiger partial charge in [-0.1, -0.05) is 36.4 Å². The van der Waals surface area contributed by atoms with E-state index in [0.717, 1.165) is 23.8 Å². The van der Waals surface area contributed by atoms with Gasteiger partial charge in [0.1, 0.15) is 11.4 Å². The summed E-state index contributed by atoms with van der Waals surface area (Å²) in [7, 11) is 0. The second-order valence-electron chi connectivity index (χ2n) is 4.59. The third-order valence-corrected chi connectivity index (χ3v) is 3.02. The molecule has 118 valence electrons. The number of nitrogens with zero attached hydrogens (tertiary/aromatic N) is 1. The molecular formula is C16H13NO6. The van der Waals surface area contributed by atoms with E-state index < -0.39 is 34.0 Å². The van der Waals surface area contributed by atoms with Crippen molar-refractivity contribution in [3.63, 3.8) is 0 Å². The molecule has 0 radical (unpaired) electrons. The highest BCUT2D eigenvalue weighted by Crippen LogP contribution is 2.29. The van der Waals surface area contributed by atoms with Crippen LogP contribution in [0.25, 0.3) is 6.08 Å². The number of aromatic hydroxyl groups is 1. The lowest BCUT2D eigenvalue weighted by atomic mass is 10.0. The number of aromatic carboxylic acids is 1. The van der Waals surface area contributed by atoms with E-state index in [2.05, 4.69) is 0 Å². The molecule has 0 atom stereocenters. The van der Waals surface area contributed by atoms with Crippen LogP contribution in [0.5, 0.6) is 5.75 Å². The van der Waals surface area contributed by atoms with Gasteiger partial charge in [0, 0.05) is 0 Å². The monoisotopic (exact) mass is 315 g/mol. The SMILES string of the molecule is O=C(O)c1cc(O)cc(C(=O)/C=C/c2ccccc2)c1N(O)O. The van der Waals surface area contributed by atoms with Crippen LogP contribution in [0.15, 0.2) is 48.5 Å². The van der Waals surface area contributed by atoms with E-state index in [0.29, 0.717) is 0 Å². The molecule has 2 aromatic rings. The van der Waals surface area contributed by atoms with Gasteiger partial charge in [-0.25, -0.2) is 4.79 Å². The number of phenolic OH excluding ortho intramolecular Hbond substituents is 1. The van der Waals surface area contributed by atoms with Gasteiger partial charge in [-0.05, 0) is 23.8 Å². The summed E-state index contributed by atoms with van der Waals surface area (Å²) in [6.45, 7) is 0. The number of allylic oxidation sites excluding steroid dienone is 1. The maximum Gasteiger partial charge on any atom is 0.338 e. The molecule has 0 aliphatic heterocycles. The van der Waals surface area contributed by atoms with Gasteiger partial charge in [-0.2, -0.15) is 0 Å². The highest BCUT2D eigenvalue weighted by molar-refractivity contribution is 6.13. The van der Waals surface area contributed by atoms with Crippen LogP contribution in [-0.4, -0.2) is 32.4 Å². The van der Waals surface area contributed by atoms with Crippen LogP contribution in [0.2, 0.25) is 0 Å². The Balaban J connectivity index is 2.47. The van der Waals surface area contributed by atoms with Crippen molar-refractivity contribution in [3.05, 3.63) is 65.2 Å². The van der Waals surface area contributed by atoms with Gasteiger partial charge in [-0.15, -0.1) is 5.23 Å². The van der Waals surface area contributed by atoms with Crippen LogP contribution in [0, 0.1) is 0 Å². The molecule has 0 aliphatic rings. The summed E-state index contributed by atoms with van der Waals surface area (Å²) in [6.07, 6.45) is 2.62. The molecule has 7 nitrogen and oxygen atoms in total. The van der Waals surface area contributed by atoms with Crippen molar-refractivity contribution in [2.24, 2.45) is 0 Å². The van der Waals surface area contributed by atoms with E-state index in [1.165, 1.54) is 6.08 Å². The first-order chi connectivity index (χ1) is 10.9. The van der Waals surface area contributed by atoms with Crippen LogP contribution in [0.4, 0.5) is 5.69 Å². The van der Waals surface area contributed by atoms with Crippen molar-refractivity contribution < 1.29 is 30.2 Å². The molecule has 0 aliphatic carbocycles. The lowest BCUT2D eigenvalue weighted by Gasteiger charge is -2.15. The van der Waals surface area contributed by atoms with Crippen molar-refractivity contribution in [3.8, 4) is 5.75 Å². The Bertz CT molecular complexity index is 768. The molecule has 0 bridgehead atoms. The lowest BCUT2D eigenvalue weighted by Crippen LogP contribution is -2.19. The van der Waals surface area contributed by atoms with Gasteiger partial charge in [0.05, 0.1) is 11.1 Å². The first kappa shape index (κ1) is 16.2. The van der Waals surface area contributed by atoms with E-state index in [4.69, 9.17) is 5.11 Å². The fourth-order valence-electron chi connectivity index (χ4n) is 2.01. The zero-order valence-electron chi connectivity index (χ0n) is 11.7. The highest BCUT2D eigenvalue weighted by Gasteiger charge is 2.23. The summed E-state index contributed by atoms with van der Waals surface area (Å²) in [5.41, 5.74) is -0.880. The normalized spacial score (nSPS) is 10.7. The number of carboxylic acid groups (broad SMARTS) is 1. The summed E-state index contributed by atoms with van der Waals surface area (Å²) in [5.74, 6) is -2.70. The Morgan fingerprint density at radius 3 is 2.17 bits per heavy atom. The zero-order valence-corrected chi connectivity index (χ0v) is 11.7. The number of hydrogen-bond donors (Lipinski definition) is 4. The molecule has 2 aromatic carbocycles. The van der Waals surface area contributed by atoms with Crippen molar-refractivity contribution >= 4 is 23.5 Å². The topological polar surface area (TPSA) is 118 Å². The van der Waals surface area contributed by atoms with E-state index >= 15 is 0 Å². The quantitative estimate of drug-likeness (QED) is 0.380. The summed E-state index contributed by atoms with van der Waals surface area (Å²) in [5, 5.41) is 36.6. The number of carbonyl (C=O) groups is 2. The molecule has 0 saturated carbocycles. The van der Waals surface area contributed by atoms with Crippen LogP contribution in [-0.2, 0) is 0 Å². The van der Waals surface area contributed by atoms with Crippen LogP contribution in [0.3, 0.4) is 0 Å². The predicted molar refractivity (Wildman–Crippen MR) is 80.9 cm³/mol. The van der Waals surface area contributed by atoms with Gasteiger partial charge in [-0.3, -0.25) is 15.2 Å². The number of ketones is 1. The summed E-state index contributed by atoms with van der Waals surface area (Å²) in [6, 6.07) is 10.6. The summed E-state index contributed by atoms with van der Waals surface area (Å²) >= 11 is 0. The Morgan fingerprint density at radius 1 is 1.00 bits per heavy atom. The van der Waals surface area contributed by atoms with Crippen molar-refractivity contribution in [2.75, 3.05) is 5.23 Å². The molecule has 4 N–H and O–H groups in total. The fraction of sp³-hybridized carbons (Fsp3) is 0. The fourth-order valence-corrected chi connectivity index (χ4v) is 2.01. The molecule has 2 rings (SSSR count). The minimum Gasteiger partial charge on any atom is -0.508 e. The Hall–Kier alpha value is -3.16. The second-order valence-corrected chi connectivity index (χ2v) is 4.59. The van der Waals surface area contributed by atoms with Gasteiger partial charge >= 0.3 is 5.97 Å². The second kappa shape index (κ2) is 6.73. The number of carbonyl (C=O) groups excluding carboxylic acids is 1. The Labute approximate surface area is 130 Å². The Morgan fingerprint density at radius 2 is 1.61 bits per heavy atom. The summed E-state index contributed by atoms with van der Waals surface area (Å²) < 4.78 is 0. The number of hydrogen-bond acceptors (Lipinski definition) is 6. The number of rotatable bonds is 5. The van der Waals surface area contributed by atoms with Gasteiger partial charge in [0.25, 0.3) is 0 Å². The molecule has 0 amide bonds. The molecule has 0 unspecified atom stereocenters. The van der Waals surface area contributed by atoms with Gasteiger partial charge in [0.2, 0.25) is 0 Å². The predicted octanol–water partition coefficient (Wildman–Crippen LogP) is 2.57. The van der Waals surface area contributed by atoms with Crippen molar-refractivity contribution in [1.29, 1.82) is 0 Å². The molecule has 0 fully saturated rings. The van der Waals surface area contributed by atoms with E-state index in [-0.39, 0.29) is 5.56 Å². The number of carboxylic acids is 1. The van der Waals surface area contributed by atoms with E-state index in [9.17, 15) is 25.1 Å². The number of anilines is 1. The van der Waals surface area contributed by atoms with Crippen LogP contribution >= 0.6 is 0 Å². The average Bonchev–Trinajstić information content (AvgIpc) is 2.52. The molecule has 0 heterocycles. The first-order valence-electron chi connectivity index (χ1n) is 6.46. The van der Waals surface area contributed by atoms with Gasteiger partial charge in [0.15, 0.2) is 5.78 Å². The molecule has 7 heteroatoms. The van der Waals surface area contributed by atoms with Crippen molar-refractivity contribution in [1.82, 2.24) is 0 Å². The van der Waals surface area contributed by atoms with E-state index in [1.54, 1.807) is 30.3 Å². The zero-order chi connectivity index (χ0) is 17.0. The molecule has 0 saturated heterocycles. The minimum atomic E-state index is -1.52. The number of benzene rings is 2. The average molecular weight is 315 g/mol. The molecule has 23 heavy (non-hydrogen) atoms. The molecular weight excluding hydrogens is 302 g/mol. The summed E-state index contributed by atoms with van der Waals surface area (Å²) in [4.78, 5) is 23.4. The highest BCUT2D eigenvalue weighted by atomic mass is 16.8. The van der Waals surface area contributed by atoms with Gasteiger partial charge < -0.3 is 10.2 Å². The van der Waals surface area contributed by atoms with E-state index in [1.807, 2.05) is 0 Å². The number of phenols is 1. The largest absolute Gasteiger partial charge is 0.508 e. The standard InChI is InChI=1S/C16H13NO6/c18-11-8-12(15(17(22)23)13(9-11)16(20)21)14(19)7-6-10-4-2-1-3-5-10/h1-9,18,22-23H,(H,20,21)/b7-6+. The van der Waals surface area contributed by atoms with Crippen LogP contribution in [0.1, 0.15) is 26.3 Å². The van der Waals surface area contributed by atoms with Crippen LogP contribution < -0.4 is 5.23 Å². The smallest absolute Gasteiger partial charge is 0.338 e. The first-order valence-corrected chi connectivity index (χ1v) is 6.46. The van der Waals surface area contributed by atoms with Crippen molar-refractivity contribution in [2.45, 2.75) is 0 Å². The third-order valence-electron chi connectivity index (χ3n) is 3.02. The Kier molecular flexibility index (Phi) is 4.75. The minimum absolute atomic E-state index is 0.361.